The van der Waals surface area contributed by atoms with E-state index in [2.05, 4.69) is 14.7 Å². The van der Waals surface area contributed by atoms with E-state index in [9.17, 15) is 13.2 Å². The van der Waals surface area contributed by atoms with Crippen LogP contribution in [0.25, 0.3) is 0 Å². The third kappa shape index (κ3) is 3.47. The van der Waals surface area contributed by atoms with E-state index in [1.807, 2.05) is 0 Å². The zero-order valence-corrected chi connectivity index (χ0v) is 11.4. The zero-order chi connectivity index (χ0) is 13.9. The maximum Gasteiger partial charge on any atom is 0.304 e. The highest BCUT2D eigenvalue weighted by Gasteiger charge is 2.15. The number of H-pyrrole nitrogens is 1. The molecule has 0 aliphatic heterocycles. The number of sulfonamides is 1. The molecule has 0 atom stereocenters. The van der Waals surface area contributed by atoms with Gasteiger partial charge in [0.1, 0.15) is 0 Å². The Morgan fingerprint density at radius 1 is 1.42 bits per heavy atom. The lowest BCUT2D eigenvalue weighted by atomic mass is 10.3. The molecule has 2 aromatic heterocycles. The van der Waals surface area contributed by atoms with Crippen LogP contribution < -0.4 is 15.3 Å². The molecule has 4 N–H and O–H groups in total. The molecular weight excluding hydrogens is 288 g/mol. The van der Waals surface area contributed by atoms with E-state index in [-0.39, 0.29) is 16.4 Å². The van der Waals surface area contributed by atoms with Gasteiger partial charge in [0.15, 0.2) is 5.03 Å². The largest absolute Gasteiger partial charge is 0.326 e. The summed E-state index contributed by atoms with van der Waals surface area (Å²) < 4.78 is 26.2. The van der Waals surface area contributed by atoms with E-state index in [0.717, 1.165) is 16.9 Å². The number of nitrogens with zero attached hydrogens (tertiary/aromatic N) is 1. The first-order chi connectivity index (χ1) is 9.01. The smallest absolute Gasteiger partial charge is 0.304 e. The summed E-state index contributed by atoms with van der Waals surface area (Å²) in [7, 11) is -3.69. The Labute approximate surface area is 113 Å². The third-order valence-electron chi connectivity index (χ3n) is 2.33. The molecule has 0 aliphatic carbocycles. The van der Waals surface area contributed by atoms with E-state index in [0.29, 0.717) is 12.2 Å². The fourth-order valence-electron chi connectivity index (χ4n) is 1.34. The fourth-order valence-corrected chi connectivity index (χ4v) is 2.85. The molecule has 0 aliphatic rings. The first kappa shape index (κ1) is 13.9. The number of aromatic nitrogens is 2. The average molecular weight is 300 g/mol. The van der Waals surface area contributed by atoms with E-state index in [4.69, 9.17) is 5.73 Å². The van der Waals surface area contributed by atoms with Crippen LogP contribution in [0.4, 0.5) is 0 Å². The Bertz CT molecular complexity index is 703. The standard InChI is InChI=1S/C10H12N4O3S2/c11-3-7-1-2-9(12-4-7)19(16,17)13-5-8-6-18-10(15)14-8/h1-2,4,6,13H,3,5,11H2,(H,14,15). The molecule has 2 heterocycles. The number of nitrogens with one attached hydrogen (secondary N) is 2. The molecule has 0 unspecified atom stereocenters. The van der Waals surface area contributed by atoms with Crippen molar-refractivity contribution in [1.82, 2.24) is 14.7 Å². The highest BCUT2D eigenvalue weighted by molar-refractivity contribution is 7.89. The molecule has 2 aromatic rings. The van der Waals surface area contributed by atoms with Crippen LogP contribution in [0.5, 0.6) is 0 Å². The Morgan fingerprint density at radius 2 is 2.21 bits per heavy atom. The van der Waals surface area contributed by atoms with Gasteiger partial charge in [0, 0.05) is 23.8 Å². The van der Waals surface area contributed by atoms with Crippen molar-refractivity contribution < 1.29 is 8.42 Å². The van der Waals surface area contributed by atoms with Crippen LogP contribution in [0.1, 0.15) is 11.3 Å². The van der Waals surface area contributed by atoms with Crippen molar-refractivity contribution in [2.45, 2.75) is 18.1 Å². The van der Waals surface area contributed by atoms with Gasteiger partial charge in [0.25, 0.3) is 10.0 Å². The molecule has 0 saturated carbocycles. The molecule has 0 spiro atoms. The van der Waals surface area contributed by atoms with Gasteiger partial charge >= 0.3 is 4.87 Å². The van der Waals surface area contributed by atoms with Crippen molar-refractivity contribution in [3.8, 4) is 0 Å². The van der Waals surface area contributed by atoms with Crippen molar-refractivity contribution in [1.29, 1.82) is 0 Å². The molecular formula is C10H12N4O3S2. The molecule has 0 aromatic carbocycles. The molecule has 0 bridgehead atoms. The molecule has 2 rings (SSSR count). The minimum Gasteiger partial charge on any atom is -0.326 e. The van der Waals surface area contributed by atoms with Crippen molar-refractivity contribution in [2.24, 2.45) is 5.73 Å². The average Bonchev–Trinajstić information content (AvgIpc) is 2.82. The van der Waals surface area contributed by atoms with Crippen LogP contribution in [0.3, 0.4) is 0 Å². The highest BCUT2D eigenvalue weighted by Crippen LogP contribution is 2.07. The number of hydrogen-bond donors (Lipinski definition) is 3. The maximum absolute atomic E-state index is 11.9. The lowest BCUT2D eigenvalue weighted by Gasteiger charge is -2.05. The summed E-state index contributed by atoms with van der Waals surface area (Å²) in [4.78, 5) is 17.1. The lowest BCUT2D eigenvalue weighted by molar-refractivity contribution is 0.576. The van der Waals surface area contributed by atoms with Crippen molar-refractivity contribution in [2.75, 3.05) is 0 Å². The van der Waals surface area contributed by atoms with Crippen LogP contribution >= 0.6 is 11.3 Å². The summed E-state index contributed by atoms with van der Waals surface area (Å²) in [5, 5.41) is 1.48. The van der Waals surface area contributed by atoms with Crippen LogP contribution in [-0.2, 0) is 23.1 Å². The number of nitrogens with two attached hydrogens (primary N) is 1. The summed E-state index contributed by atoms with van der Waals surface area (Å²) in [6.45, 7) is 0.318. The molecule has 102 valence electrons. The summed E-state index contributed by atoms with van der Waals surface area (Å²) in [5.74, 6) is 0. The van der Waals surface area contributed by atoms with Gasteiger partial charge in [-0.1, -0.05) is 17.4 Å². The van der Waals surface area contributed by atoms with Gasteiger partial charge in [-0.2, -0.15) is 0 Å². The van der Waals surface area contributed by atoms with Gasteiger partial charge in [-0.3, -0.25) is 4.79 Å². The van der Waals surface area contributed by atoms with E-state index >= 15 is 0 Å². The Balaban J connectivity index is 2.11. The molecule has 7 nitrogen and oxygen atoms in total. The van der Waals surface area contributed by atoms with E-state index in [1.54, 1.807) is 11.4 Å². The summed E-state index contributed by atoms with van der Waals surface area (Å²) in [5.41, 5.74) is 6.67. The second-order valence-electron chi connectivity index (χ2n) is 3.71. The van der Waals surface area contributed by atoms with Gasteiger partial charge in [0.2, 0.25) is 0 Å². The number of hydrogen-bond acceptors (Lipinski definition) is 6. The molecule has 0 amide bonds. The van der Waals surface area contributed by atoms with Crippen molar-refractivity contribution in [3.63, 3.8) is 0 Å². The second kappa shape index (κ2) is 5.61. The lowest BCUT2D eigenvalue weighted by Crippen LogP contribution is -2.24. The molecule has 9 heteroatoms. The van der Waals surface area contributed by atoms with Gasteiger partial charge in [-0.15, -0.1) is 0 Å². The summed E-state index contributed by atoms with van der Waals surface area (Å²) >= 11 is 0.980. The number of thiazole rings is 1. The van der Waals surface area contributed by atoms with E-state index < -0.39 is 10.0 Å². The Morgan fingerprint density at radius 3 is 2.74 bits per heavy atom. The van der Waals surface area contributed by atoms with Gasteiger partial charge in [-0.25, -0.2) is 18.1 Å². The van der Waals surface area contributed by atoms with Crippen LogP contribution in [0.2, 0.25) is 0 Å². The maximum atomic E-state index is 11.9. The van der Waals surface area contributed by atoms with Gasteiger partial charge in [-0.05, 0) is 11.6 Å². The Hall–Kier alpha value is -1.55. The van der Waals surface area contributed by atoms with Crippen LogP contribution in [0, 0.1) is 0 Å². The van der Waals surface area contributed by atoms with Crippen LogP contribution in [0.15, 0.2) is 33.5 Å². The highest BCUT2D eigenvalue weighted by atomic mass is 32.2. The normalized spacial score (nSPS) is 11.6. The number of pyridine rings is 1. The first-order valence-corrected chi connectivity index (χ1v) is 7.69. The minimum absolute atomic E-state index is 0.0153. The Kier molecular flexibility index (Phi) is 4.10. The minimum atomic E-state index is -3.69. The first-order valence-electron chi connectivity index (χ1n) is 5.32. The second-order valence-corrected chi connectivity index (χ2v) is 6.26. The van der Waals surface area contributed by atoms with E-state index in [1.165, 1.54) is 12.3 Å². The van der Waals surface area contributed by atoms with Crippen molar-refractivity contribution >= 4 is 21.4 Å². The quantitative estimate of drug-likeness (QED) is 0.705. The fraction of sp³-hybridized carbons (Fsp3) is 0.200. The summed E-state index contributed by atoms with van der Waals surface area (Å²) in [6.07, 6.45) is 1.42. The predicted molar refractivity (Wildman–Crippen MR) is 71.1 cm³/mol. The molecule has 0 fully saturated rings. The number of rotatable bonds is 5. The third-order valence-corrected chi connectivity index (χ3v) is 4.37. The summed E-state index contributed by atoms with van der Waals surface area (Å²) in [6, 6.07) is 2.99. The van der Waals surface area contributed by atoms with Gasteiger partial charge < -0.3 is 10.7 Å². The molecule has 0 saturated heterocycles. The molecule has 19 heavy (non-hydrogen) atoms. The van der Waals surface area contributed by atoms with Gasteiger partial charge in [0.05, 0.1) is 6.54 Å². The zero-order valence-electron chi connectivity index (χ0n) is 9.79. The topological polar surface area (TPSA) is 118 Å². The monoisotopic (exact) mass is 300 g/mol. The molecule has 0 radical (unpaired) electrons. The van der Waals surface area contributed by atoms with Crippen LogP contribution in [-0.4, -0.2) is 18.4 Å². The SMILES string of the molecule is NCc1ccc(S(=O)(=O)NCc2csc(=O)[nH]2)nc1. The predicted octanol–water partition coefficient (Wildman–Crippen LogP) is -0.231. The van der Waals surface area contributed by atoms with Crippen molar-refractivity contribution in [3.05, 3.63) is 44.6 Å². The number of aromatic amines is 1.